The number of ketones is 1. The van der Waals surface area contributed by atoms with Gasteiger partial charge in [-0.2, -0.15) is 5.10 Å². The lowest BCUT2D eigenvalue weighted by atomic mass is 9.76. The van der Waals surface area contributed by atoms with E-state index in [0.717, 1.165) is 49.8 Å². The van der Waals surface area contributed by atoms with E-state index in [4.69, 9.17) is 0 Å². The first kappa shape index (κ1) is 26.0. The predicted octanol–water partition coefficient (Wildman–Crippen LogP) is 5.12. The van der Waals surface area contributed by atoms with Crippen LogP contribution in [0.4, 0.5) is 0 Å². The first-order chi connectivity index (χ1) is 15.4. The summed E-state index contributed by atoms with van der Waals surface area (Å²) < 4.78 is 1.77. The van der Waals surface area contributed by atoms with Crippen LogP contribution in [0.25, 0.3) is 18.2 Å². The van der Waals surface area contributed by atoms with E-state index in [-0.39, 0.29) is 5.78 Å². The molecule has 0 saturated carbocycles. The molecule has 1 heterocycles. The number of Topliss-reactive ketones (excluding diaryl/α,β-unsaturated/α-hetero) is 1. The highest BCUT2D eigenvalue weighted by atomic mass is 16.1. The minimum Gasteiger partial charge on any atom is -0.298 e. The Morgan fingerprint density at radius 2 is 1.91 bits per heavy atom. The third kappa shape index (κ3) is 6.16. The normalized spacial score (nSPS) is 13.8. The van der Waals surface area contributed by atoms with Crippen molar-refractivity contribution in [2.24, 2.45) is 12.0 Å². The van der Waals surface area contributed by atoms with Crippen LogP contribution in [0.2, 0.25) is 0 Å². The molecule has 0 N–H and O–H groups in total. The van der Waals surface area contributed by atoms with Crippen LogP contribution in [-0.4, -0.2) is 21.8 Å². The highest BCUT2D eigenvalue weighted by Gasteiger charge is 2.30. The zero-order chi connectivity index (χ0) is 24.9. The number of carbonyl (C=O) groups excluding carboxylic acids is 1. The second-order valence-electron chi connectivity index (χ2n) is 9.24. The van der Waals surface area contributed by atoms with Gasteiger partial charge in [-0.15, -0.1) is 0 Å². The van der Waals surface area contributed by atoms with E-state index < -0.39 is 5.41 Å². The summed E-state index contributed by atoms with van der Waals surface area (Å²) in [4.78, 5) is 17.6. The topological polar surface area (TPSA) is 47.2 Å². The number of carbonyl (C=O) groups is 1. The second-order valence-corrected chi connectivity index (χ2v) is 9.24. The van der Waals surface area contributed by atoms with Crippen LogP contribution in [0.15, 0.2) is 53.2 Å². The Kier molecular flexibility index (Phi) is 8.32. The Labute approximate surface area is 198 Å². The highest BCUT2D eigenvalue weighted by Crippen LogP contribution is 2.31. The molecule has 174 valence electrons. The number of aliphatic imine (C=N–C) groups is 1. The Bertz CT molecular complexity index is 1270. The van der Waals surface area contributed by atoms with Gasteiger partial charge < -0.3 is 0 Å². The third-order valence-electron chi connectivity index (χ3n) is 6.03. The zero-order valence-electron chi connectivity index (χ0n) is 21.4. The molecule has 1 aromatic carbocycles. The minimum absolute atomic E-state index is 0.188. The SMILES string of the molecule is C=C(C)N=C/C(=C\C)c1ccc(C(C)(C)C(=O)C/C(C)=C/C=c2/c(C)nn(C)c2=C)c(C)c1. The van der Waals surface area contributed by atoms with Crippen LogP contribution in [0, 0.1) is 13.8 Å². The molecule has 1 aromatic heterocycles. The lowest BCUT2D eigenvalue weighted by molar-refractivity contribution is -0.122. The fraction of sp³-hybridized carbons (Fsp3) is 0.345. The van der Waals surface area contributed by atoms with Gasteiger partial charge in [-0.3, -0.25) is 14.5 Å². The van der Waals surface area contributed by atoms with Crippen LogP contribution in [0.1, 0.15) is 63.4 Å². The average molecular weight is 444 g/mol. The fourth-order valence-corrected chi connectivity index (χ4v) is 3.89. The molecule has 0 radical (unpaired) electrons. The number of nitrogens with zero attached hydrogens (tertiary/aromatic N) is 3. The number of hydrogen-bond acceptors (Lipinski definition) is 3. The van der Waals surface area contributed by atoms with E-state index in [9.17, 15) is 4.79 Å². The third-order valence-corrected chi connectivity index (χ3v) is 6.03. The van der Waals surface area contributed by atoms with Gasteiger partial charge in [0.1, 0.15) is 5.78 Å². The maximum atomic E-state index is 13.3. The molecule has 0 aliphatic heterocycles. The van der Waals surface area contributed by atoms with Crippen LogP contribution in [-0.2, 0) is 17.3 Å². The molecule has 0 aliphatic carbocycles. The van der Waals surface area contributed by atoms with Crippen molar-refractivity contribution in [3.8, 4) is 0 Å². The van der Waals surface area contributed by atoms with Crippen molar-refractivity contribution < 1.29 is 4.79 Å². The van der Waals surface area contributed by atoms with E-state index >= 15 is 0 Å². The Morgan fingerprint density at radius 1 is 1.24 bits per heavy atom. The van der Waals surface area contributed by atoms with Gasteiger partial charge in [0.05, 0.1) is 11.0 Å². The molecule has 2 rings (SSSR count). The van der Waals surface area contributed by atoms with Gasteiger partial charge >= 0.3 is 0 Å². The molecule has 0 unspecified atom stereocenters. The molecule has 0 aliphatic rings. The van der Waals surface area contributed by atoms with Crippen molar-refractivity contribution in [1.29, 1.82) is 0 Å². The summed E-state index contributed by atoms with van der Waals surface area (Å²) in [6.45, 7) is 21.8. The number of allylic oxidation sites excluding steroid dienone is 5. The van der Waals surface area contributed by atoms with E-state index in [1.54, 1.807) is 4.68 Å². The molecule has 0 fully saturated rings. The van der Waals surface area contributed by atoms with Crippen molar-refractivity contribution in [1.82, 2.24) is 9.78 Å². The van der Waals surface area contributed by atoms with Crippen LogP contribution in [0.5, 0.6) is 0 Å². The van der Waals surface area contributed by atoms with E-state index in [0.29, 0.717) is 6.42 Å². The van der Waals surface area contributed by atoms with Crippen LogP contribution < -0.4 is 10.6 Å². The molecular weight excluding hydrogens is 406 g/mol. The van der Waals surface area contributed by atoms with Gasteiger partial charge in [0, 0.05) is 36.0 Å². The first-order valence-electron chi connectivity index (χ1n) is 11.2. The number of rotatable bonds is 8. The minimum atomic E-state index is -0.596. The molecule has 4 heteroatoms. The van der Waals surface area contributed by atoms with Gasteiger partial charge in [0.25, 0.3) is 0 Å². The van der Waals surface area contributed by atoms with Crippen molar-refractivity contribution in [3.63, 3.8) is 0 Å². The number of aromatic nitrogens is 2. The van der Waals surface area contributed by atoms with E-state index in [1.165, 1.54) is 0 Å². The summed E-state index contributed by atoms with van der Waals surface area (Å²) in [5.41, 5.74) is 6.36. The van der Waals surface area contributed by atoms with Crippen molar-refractivity contribution in [2.45, 2.75) is 60.3 Å². The molecule has 33 heavy (non-hydrogen) atoms. The molecule has 0 atom stereocenters. The van der Waals surface area contributed by atoms with Crippen LogP contribution in [0.3, 0.4) is 0 Å². The summed E-state index contributed by atoms with van der Waals surface area (Å²) in [5.74, 6) is 0.188. The van der Waals surface area contributed by atoms with Crippen LogP contribution >= 0.6 is 0 Å². The smallest absolute Gasteiger partial charge is 0.146 e. The number of hydrogen-bond donors (Lipinski definition) is 0. The van der Waals surface area contributed by atoms with Crippen molar-refractivity contribution in [3.05, 3.63) is 81.2 Å². The van der Waals surface area contributed by atoms with Gasteiger partial charge in [-0.05, 0) is 70.7 Å². The lowest BCUT2D eigenvalue weighted by Gasteiger charge is -2.26. The second kappa shape index (κ2) is 10.6. The maximum absolute atomic E-state index is 13.3. The molecule has 0 bridgehead atoms. The van der Waals surface area contributed by atoms with E-state index in [1.807, 2.05) is 73.0 Å². The fourth-order valence-electron chi connectivity index (χ4n) is 3.89. The Hall–Kier alpha value is -3.27. The van der Waals surface area contributed by atoms with E-state index in [2.05, 4.69) is 48.4 Å². The molecule has 4 nitrogen and oxygen atoms in total. The zero-order valence-corrected chi connectivity index (χ0v) is 21.4. The van der Waals surface area contributed by atoms with Gasteiger partial charge in [0.15, 0.2) is 0 Å². The summed E-state index contributed by atoms with van der Waals surface area (Å²) in [5, 5.41) is 6.27. The largest absolute Gasteiger partial charge is 0.298 e. The number of aryl methyl sites for hydroxylation is 3. The lowest BCUT2D eigenvalue weighted by Crippen LogP contribution is -2.30. The standard InChI is InChI=1S/C29H37N3O/c1-11-24(18-30-19(2)3)25-13-15-27(21(5)17-25)29(8,9)28(33)16-20(4)12-14-26-22(6)31-32(10)23(26)7/h11-15,17-18H,2,7,16H2,1,3-6,8-10H3/b20-12+,24-11+,26-14-,30-18?. The average Bonchev–Trinajstić information content (AvgIpc) is 2.97. The number of benzene rings is 1. The van der Waals surface area contributed by atoms with Gasteiger partial charge in [0.2, 0.25) is 0 Å². The summed E-state index contributed by atoms with van der Waals surface area (Å²) in [6.07, 6.45) is 8.26. The van der Waals surface area contributed by atoms with Gasteiger partial charge in [-0.1, -0.05) is 55.2 Å². The highest BCUT2D eigenvalue weighted by molar-refractivity contribution is 6.10. The molecule has 0 spiro atoms. The Balaban J connectivity index is 2.29. The molecule has 0 amide bonds. The quantitative estimate of drug-likeness (QED) is 0.532. The van der Waals surface area contributed by atoms with Crippen molar-refractivity contribution in [2.75, 3.05) is 0 Å². The Morgan fingerprint density at radius 3 is 2.42 bits per heavy atom. The molecule has 0 saturated heterocycles. The summed E-state index contributed by atoms with van der Waals surface area (Å²) >= 11 is 0. The summed E-state index contributed by atoms with van der Waals surface area (Å²) in [6, 6.07) is 6.26. The maximum Gasteiger partial charge on any atom is 0.146 e. The van der Waals surface area contributed by atoms with Crippen molar-refractivity contribution >= 4 is 30.2 Å². The molecular formula is C29H37N3O. The first-order valence-corrected chi connectivity index (χ1v) is 11.2. The summed E-state index contributed by atoms with van der Waals surface area (Å²) in [7, 11) is 1.88. The van der Waals surface area contributed by atoms with Gasteiger partial charge in [-0.25, -0.2) is 0 Å². The predicted molar refractivity (Wildman–Crippen MR) is 142 cm³/mol. The molecule has 2 aromatic rings. The monoisotopic (exact) mass is 443 g/mol.